The molecule has 5 rings (SSSR count). The Morgan fingerprint density at radius 3 is 2.24 bits per heavy atom. The first-order valence-electron chi connectivity index (χ1n) is 10.4. The summed E-state index contributed by atoms with van der Waals surface area (Å²) in [5.41, 5.74) is 2.05. The molecule has 3 fully saturated rings. The molecule has 0 N–H and O–H groups in total. The number of rotatable bonds is 5. The minimum absolute atomic E-state index is 0.170. The van der Waals surface area contributed by atoms with Gasteiger partial charge in [0, 0.05) is 19.1 Å². The molecular weight excluding hydrogens is 366 g/mol. The van der Waals surface area contributed by atoms with Gasteiger partial charge < -0.3 is 18.9 Å². The average molecular weight is 395 g/mol. The van der Waals surface area contributed by atoms with E-state index in [9.17, 15) is 0 Å². The van der Waals surface area contributed by atoms with Gasteiger partial charge in [-0.2, -0.15) is 0 Å². The quantitative estimate of drug-likeness (QED) is 0.772. The normalized spacial score (nSPS) is 35.6. The van der Waals surface area contributed by atoms with Crippen molar-refractivity contribution in [3.05, 3.63) is 71.8 Å². The standard InChI is InChI=1S/C24H29NO4/c1-17-24(16-25(17)14-18-10-6-4-7-11-18)21(26-15-19-12-8-5-9-13-19)20-22(29-24)28-23(2,3)27-20/h4-13,17,20-22H,14-16H2,1-3H3/t17-,20+,21+,22-,24+/m0/s1. The second-order valence-corrected chi connectivity index (χ2v) is 8.83. The molecule has 29 heavy (non-hydrogen) atoms. The van der Waals surface area contributed by atoms with Crippen LogP contribution < -0.4 is 0 Å². The zero-order chi connectivity index (χ0) is 20.1. The molecule has 0 unspecified atom stereocenters. The fourth-order valence-corrected chi connectivity index (χ4v) is 4.87. The van der Waals surface area contributed by atoms with Crippen LogP contribution in [0, 0.1) is 0 Å². The Morgan fingerprint density at radius 1 is 0.931 bits per heavy atom. The van der Waals surface area contributed by atoms with Crippen molar-refractivity contribution in [1.82, 2.24) is 4.90 Å². The van der Waals surface area contributed by atoms with E-state index >= 15 is 0 Å². The Morgan fingerprint density at radius 2 is 1.59 bits per heavy atom. The second kappa shape index (κ2) is 7.18. The van der Waals surface area contributed by atoms with E-state index in [0.717, 1.165) is 18.7 Å². The van der Waals surface area contributed by atoms with E-state index < -0.39 is 11.4 Å². The van der Waals surface area contributed by atoms with Crippen molar-refractivity contribution in [3.8, 4) is 0 Å². The second-order valence-electron chi connectivity index (χ2n) is 8.83. The van der Waals surface area contributed by atoms with Crippen LogP contribution in [-0.2, 0) is 32.1 Å². The summed E-state index contributed by atoms with van der Waals surface area (Å²) in [6.45, 7) is 8.33. The molecule has 5 heteroatoms. The Bertz CT molecular complexity index is 842. The zero-order valence-electron chi connectivity index (χ0n) is 17.3. The molecule has 3 saturated heterocycles. The first-order chi connectivity index (χ1) is 14.0. The molecule has 0 bridgehead atoms. The fourth-order valence-electron chi connectivity index (χ4n) is 4.87. The van der Waals surface area contributed by atoms with Gasteiger partial charge in [-0.1, -0.05) is 60.7 Å². The lowest BCUT2D eigenvalue weighted by Gasteiger charge is -2.56. The largest absolute Gasteiger partial charge is 0.367 e. The highest BCUT2D eigenvalue weighted by molar-refractivity contribution is 5.21. The van der Waals surface area contributed by atoms with Gasteiger partial charge in [0.05, 0.1) is 6.61 Å². The Kier molecular flexibility index (Phi) is 4.76. The first kappa shape index (κ1) is 19.2. The summed E-state index contributed by atoms with van der Waals surface area (Å²) in [7, 11) is 0. The van der Waals surface area contributed by atoms with Crippen LogP contribution in [0.25, 0.3) is 0 Å². The average Bonchev–Trinajstić information content (AvgIpc) is 3.17. The number of ether oxygens (including phenoxy) is 4. The summed E-state index contributed by atoms with van der Waals surface area (Å²) in [4.78, 5) is 2.43. The van der Waals surface area contributed by atoms with Gasteiger partial charge in [-0.05, 0) is 31.9 Å². The number of nitrogens with zero attached hydrogens (tertiary/aromatic N) is 1. The highest BCUT2D eigenvalue weighted by Crippen LogP contribution is 2.50. The lowest BCUT2D eigenvalue weighted by atomic mass is 9.78. The van der Waals surface area contributed by atoms with Crippen molar-refractivity contribution in [2.24, 2.45) is 0 Å². The molecule has 0 aromatic heterocycles. The third-order valence-electron chi connectivity index (χ3n) is 6.41. The molecule has 0 radical (unpaired) electrons. The van der Waals surface area contributed by atoms with Crippen molar-refractivity contribution in [2.45, 2.75) is 69.9 Å². The molecular formula is C24H29NO4. The van der Waals surface area contributed by atoms with Crippen molar-refractivity contribution in [2.75, 3.05) is 6.54 Å². The number of likely N-dealkylation sites (tertiary alicyclic amines) is 1. The van der Waals surface area contributed by atoms with E-state index in [0.29, 0.717) is 6.61 Å². The van der Waals surface area contributed by atoms with E-state index in [1.54, 1.807) is 0 Å². The lowest BCUT2D eigenvalue weighted by Crippen LogP contribution is -2.73. The van der Waals surface area contributed by atoms with Gasteiger partial charge in [-0.3, -0.25) is 4.90 Å². The maximum Gasteiger partial charge on any atom is 0.190 e. The van der Waals surface area contributed by atoms with Gasteiger partial charge in [0.15, 0.2) is 12.1 Å². The molecule has 3 aliphatic rings. The molecule has 3 aliphatic heterocycles. The van der Waals surface area contributed by atoms with E-state index in [2.05, 4.69) is 54.3 Å². The van der Waals surface area contributed by atoms with Gasteiger partial charge in [0.2, 0.25) is 0 Å². The Hall–Kier alpha value is -1.76. The first-order valence-corrected chi connectivity index (χ1v) is 10.4. The number of hydrogen-bond acceptors (Lipinski definition) is 5. The van der Waals surface area contributed by atoms with Gasteiger partial charge in [-0.25, -0.2) is 0 Å². The third-order valence-corrected chi connectivity index (χ3v) is 6.41. The van der Waals surface area contributed by atoms with Crippen molar-refractivity contribution >= 4 is 0 Å². The summed E-state index contributed by atoms with van der Waals surface area (Å²) in [6, 6.07) is 21.0. The minimum Gasteiger partial charge on any atom is -0.367 e. The topological polar surface area (TPSA) is 40.2 Å². The van der Waals surface area contributed by atoms with Crippen LogP contribution >= 0.6 is 0 Å². The molecule has 5 atom stereocenters. The molecule has 0 aliphatic carbocycles. The van der Waals surface area contributed by atoms with E-state index in [-0.39, 0.29) is 24.5 Å². The van der Waals surface area contributed by atoms with E-state index in [1.807, 2.05) is 32.0 Å². The molecule has 2 aromatic rings. The summed E-state index contributed by atoms with van der Waals surface area (Å²) < 4.78 is 25.2. The summed E-state index contributed by atoms with van der Waals surface area (Å²) in [5, 5.41) is 0. The third kappa shape index (κ3) is 3.41. The van der Waals surface area contributed by atoms with E-state index in [1.165, 1.54) is 5.56 Å². The molecule has 5 nitrogen and oxygen atoms in total. The van der Waals surface area contributed by atoms with Crippen molar-refractivity contribution in [1.29, 1.82) is 0 Å². The zero-order valence-corrected chi connectivity index (χ0v) is 17.3. The highest BCUT2D eigenvalue weighted by Gasteiger charge is 2.69. The van der Waals surface area contributed by atoms with Crippen LogP contribution in [0.3, 0.4) is 0 Å². The fraction of sp³-hybridized carbons (Fsp3) is 0.500. The maximum atomic E-state index is 6.51. The smallest absolute Gasteiger partial charge is 0.190 e. The molecule has 0 amide bonds. The lowest BCUT2D eigenvalue weighted by molar-refractivity contribution is -0.289. The number of hydrogen-bond donors (Lipinski definition) is 0. The molecule has 3 heterocycles. The molecule has 2 aromatic carbocycles. The van der Waals surface area contributed by atoms with Crippen molar-refractivity contribution < 1.29 is 18.9 Å². The Balaban J connectivity index is 1.34. The minimum atomic E-state index is -0.651. The highest BCUT2D eigenvalue weighted by atomic mass is 16.8. The molecule has 154 valence electrons. The Labute approximate surface area is 172 Å². The van der Waals surface area contributed by atoms with Gasteiger partial charge in [0.1, 0.15) is 17.8 Å². The van der Waals surface area contributed by atoms with Crippen LogP contribution in [-0.4, -0.2) is 47.4 Å². The SMILES string of the molecule is C[C@@H]1N(Cc2ccccc2)C[C@@]12O[C@@H]1OC(C)(C)O[C@@H]1[C@H]2OCc1ccccc1. The van der Waals surface area contributed by atoms with E-state index in [4.69, 9.17) is 18.9 Å². The maximum absolute atomic E-state index is 6.51. The summed E-state index contributed by atoms with van der Waals surface area (Å²) >= 11 is 0. The predicted octanol–water partition coefficient (Wildman–Crippen LogP) is 3.72. The summed E-state index contributed by atoms with van der Waals surface area (Å²) in [5.74, 6) is -0.651. The van der Waals surface area contributed by atoms with Gasteiger partial charge >= 0.3 is 0 Å². The monoisotopic (exact) mass is 395 g/mol. The van der Waals surface area contributed by atoms with Crippen LogP contribution in [0.4, 0.5) is 0 Å². The van der Waals surface area contributed by atoms with Gasteiger partial charge in [-0.15, -0.1) is 0 Å². The summed E-state index contributed by atoms with van der Waals surface area (Å²) in [6.07, 6.45) is -0.765. The predicted molar refractivity (Wildman–Crippen MR) is 109 cm³/mol. The molecule has 1 spiro atoms. The number of fused-ring (bicyclic) bond motifs is 1. The van der Waals surface area contributed by atoms with Crippen LogP contribution in [0.5, 0.6) is 0 Å². The number of benzene rings is 2. The van der Waals surface area contributed by atoms with Crippen LogP contribution in [0.2, 0.25) is 0 Å². The van der Waals surface area contributed by atoms with Crippen molar-refractivity contribution in [3.63, 3.8) is 0 Å². The van der Waals surface area contributed by atoms with Gasteiger partial charge in [0.25, 0.3) is 0 Å². The van der Waals surface area contributed by atoms with Crippen LogP contribution in [0.1, 0.15) is 31.9 Å². The van der Waals surface area contributed by atoms with Crippen LogP contribution in [0.15, 0.2) is 60.7 Å². The molecule has 0 saturated carbocycles.